The second kappa shape index (κ2) is 7.71. The second-order valence-electron chi connectivity index (χ2n) is 5.18. The lowest BCUT2D eigenvalue weighted by molar-refractivity contribution is -0.403. The first-order chi connectivity index (χ1) is 9.70. The summed E-state index contributed by atoms with van der Waals surface area (Å²) in [6.45, 7) is 2.88. The minimum atomic E-state index is -2.10. The molecule has 0 aliphatic rings. The molecule has 0 aromatic heterocycles. The minimum absolute atomic E-state index is 0. The van der Waals surface area contributed by atoms with Gasteiger partial charge in [0.05, 0.1) is 10.1 Å². The number of para-hydroxylation sites is 1. The van der Waals surface area contributed by atoms with Gasteiger partial charge >= 0.3 is 5.91 Å². The van der Waals surface area contributed by atoms with E-state index in [-0.39, 0.29) is 24.5 Å². The van der Waals surface area contributed by atoms with Crippen LogP contribution < -0.4 is 17.6 Å². The largest absolute Gasteiger partial charge is 1.00 e. The number of nitro groups is 1. The zero-order chi connectivity index (χ0) is 16.2. The number of aliphatic hydroxyl groups excluding tert-OH is 1. The van der Waals surface area contributed by atoms with Crippen LogP contribution in [0.2, 0.25) is 0 Å². The standard InChI is InChI=1S/C13H14N2O6.ClH/c1-13(2,11(17)10(16)12(18)14-19)7-8-5-3-4-6-9(8)15(20)21;/h3-6,10,16H,7H2,1-2H3;1H. The molecular weight excluding hydrogens is 316 g/mol. The van der Waals surface area contributed by atoms with Crippen molar-refractivity contribution in [2.45, 2.75) is 26.4 Å². The number of Topliss-reactive ketones (excluding diaryl/α,β-unsaturated/α-hetero) is 1. The quantitative estimate of drug-likeness (QED) is 0.316. The van der Waals surface area contributed by atoms with Gasteiger partial charge in [0.15, 0.2) is 5.78 Å². The number of amides is 1. The fraction of sp³-hybridized carbons (Fsp3) is 0.385. The van der Waals surface area contributed by atoms with Crippen molar-refractivity contribution in [2.75, 3.05) is 0 Å². The molecule has 0 saturated carbocycles. The van der Waals surface area contributed by atoms with Crippen LogP contribution in [-0.2, 0) is 16.0 Å². The zero-order valence-corrected chi connectivity index (χ0v) is 12.7. The minimum Gasteiger partial charge on any atom is -1.00 e. The Kier molecular flexibility index (Phi) is 6.95. The first kappa shape index (κ1) is 19.8. The molecule has 9 heteroatoms. The van der Waals surface area contributed by atoms with Crippen molar-refractivity contribution in [3.05, 3.63) is 44.9 Å². The number of carbonyl (C=O) groups is 2. The third-order valence-electron chi connectivity index (χ3n) is 3.09. The summed E-state index contributed by atoms with van der Waals surface area (Å²) in [4.78, 5) is 43.6. The lowest BCUT2D eigenvalue weighted by Gasteiger charge is -2.23. The lowest BCUT2D eigenvalue weighted by atomic mass is 9.79. The fourth-order valence-corrected chi connectivity index (χ4v) is 1.95. The average Bonchev–Trinajstić information content (AvgIpc) is 2.44. The summed E-state index contributed by atoms with van der Waals surface area (Å²) in [5.74, 6) is -2.23. The molecule has 2 N–H and O–H groups in total. The highest BCUT2D eigenvalue weighted by Crippen LogP contribution is 2.29. The van der Waals surface area contributed by atoms with E-state index in [1.54, 1.807) is 6.07 Å². The number of halogens is 1. The van der Waals surface area contributed by atoms with Crippen molar-refractivity contribution >= 4 is 17.4 Å². The van der Waals surface area contributed by atoms with Gasteiger partial charge in [-0.1, -0.05) is 32.0 Å². The smallest absolute Gasteiger partial charge is 0.466 e. The third-order valence-corrected chi connectivity index (χ3v) is 3.09. The molecule has 0 saturated heterocycles. The number of hydrogen-bond acceptors (Lipinski definition) is 6. The van der Waals surface area contributed by atoms with E-state index in [1.807, 2.05) is 0 Å². The lowest BCUT2D eigenvalue weighted by Crippen LogP contribution is -3.00. The summed E-state index contributed by atoms with van der Waals surface area (Å²) in [5.41, 5.74) is -1.10. The average molecular weight is 331 g/mol. The van der Waals surface area contributed by atoms with Gasteiger partial charge in [-0.25, -0.2) is 4.79 Å². The van der Waals surface area contributed by atoms with Gasteiger partial charge in [-0.2, -0.15) is 0 Å². The van der Waals surface area contributed by atoms with E-state index < -0.39 is 28.1 Å². The maximum Gasteiger partial charge on any atom is 0.466 e. The first-order valence-corrected chi connectivity index (χ1v) is 6.07. The summed E-state index contributed by atoms with van der Waals surface area (Å²) in [6.07, 6.45) is -2.15. The number of ketones is 1. The van der Waals surface area contributed by atoms with Gasteiger partial charge in [-0.15, -0.1) is 0 Å². The Morgan fingerprint density at radius 1 is 1.36 bits per heavy atom. The number of nitro benzene ring substituents is 1. The number of benzene rings is 1. The van der Waals surface area contributed by atoms with Gasteiger partial charge in [0.2, 0.25) is 6.10 Å². The number of nitroso groups, excluding NO2 is 1. The fourth-order valence-electron chi connectivity index (χ4n) is 1.95. The van der Waals surface area contributed by atoms with Crippen molar-refractivity contribution < 1.29 is 37.2 Å². The predicted molar refractivity (Wildman–Crippen MR) is 70.9 cm³/mol. The molecule has 0 heterocycles. The van der Waals surface area contributed by atoms with Gasteiger partial charge in [0, 0.05) is 22.0 Å². The van der Waals surface area contributed by atoms with E-state index in [2.05, 4.69) is 0 Å². The molecule has 0 spiro atoms. The van der Waals surface area contributed by atoms with Crippen LogP contribution >= 0.6 is 0 Å². The highest BCUT2D eigenvalue weighted by atomic mass is 35.5. The van der Waals surface area contributed by atoms with E-state index in [4.69, 9.17) is 0 Å². The van der Waals surface area contributed by atoms with Crippen molar-refractivity contribution in [3.8, 4) is 0 Å². The van der Waals surface area contributed by atoms with Gasteiger partial charge in [0.1, 0.15) is 0 Å². The maximum atomic E-state index is 12.0. The van der Waals surface area contributed by atoms with Gasteiger partial charge < -0.3 is 17.5 Å². The molecule has 1 rings (SSSR count). The summed E-state index contributed by atoms with van der Waals surface area (Å²) in [5, 5.41) is 21.4. The number of aliphatic hydroxyl groups is 1. The Morgan fingerprint density at radius 2 is 1.91 bits per heavy atom. The van der Waals surface area contributed by atoms with E-state index >= 15 is 0 Å². The molecular formula is C13H15ClN2O6. The molecule has 0 radical (unpaired) electrons. The number of carbonyl (C=O) groups excluding carboxylic acids is 2. The number of nitrogens with zero attached hydrogens (tertiary/aromatic N) is 1. The molecule has 22 heavy (non-hydrogen) atoms. The normalized spacial score (nSPS) is 12.0. The van der Waals surface area contributed by atoms with Crippen LogP contribution in [0.5, 0.6) is 0 Å². The molecule has 0 fully saturated rings. The maximum absolute atomic E-state index is 12.0. The monoisotopic (exact) mass is 330 g/mol. The van der Waals surface area contributed by atoms with Crippen LogP contribution in [0.1, 0.15) is 19.4 Å². The van der Waals surface area contributed by atoms with Crippen molar-refractivity contribution in [1.82, 2.24) is 0 Å². The van der Waals surface area contributed by atoms with Crippen LogP contribution in [-0.4, -0.2) is 27.8 Å². The molecule has 120 valence electrons. The zero-order valence-electron chi connectivity index (χ0n) is 11.9. The highest BCUT2D eigenvalue weighted by molar-refractivity contribution is 6.03. The molecule has 0 aliphatic heterocycles. The third kappa shape index (κ3) is 4.40. The number of rotatable bonds is 6. The summed E-state index contributed by atoms with van der Waals surface area (Å²) in [6, 6.07) is 5.88. The van der Waals surface area contributed by atoms with E-state index in [1.165, 1.54) is 32.0 Å². The summed E-state index contributed by atoms with van der Waals surface area (Å²) >= 11 is 0. The molecule has 1 aromatic carbocycles. The molecule has 1 aromatic rings. The van der Waals surface area contributed by atoms with Gasteiger partial charge in [-0.05, 0) is 6.42 Å². The topological polar surface area (TPSA) is 129 Å². The SMILES string of the molecule is CC(C)(Cc1ccccc1[N+](=O)[O-])C(=O)C(O)C(=O)[NH+]=O.[Cl-]. The Balaban J connectivity index is 0.00000441. The molecule has 0 aliphatic carbocycles. The molecule has 1 unspecified atom stereocenters. The number of hydrogen-bond donors (Lipinski definition) is 2. The number of nitrogens with one attached hydrogen (secondary N) is 1. The van der Waals surface area contributed by atoms with Gasteiger partial charge in [0.25, 0.3) is 5.69 Å². The molecule has 1 atom stereocenters. The Morgan fingerprint density at radius 3 is 2.41 bits per heavy atom. The van der Waals surface area contributed by atoms with Crippen LogP contribution in [0, 0.1) is 20.4 Å². The molecule has 1 amide bonds. The van der Waals surface area contributed by atoms with E-state index in [0.29, 0.717) is 5.56 Å². The van der Waals surface area contributed by atoms with Crippen molar-refractivity contribution in [3.63, 3.8) is 0 Å². The van der Waals surface area contributed by atoms with Crippen molar-refractivity contribution in [2.24, 2.45) is 5.41 Å². The predicted octanol–water partition coefficient (Wildman–Crippen LogP) is -3.53. The molecule has 8 nitrogen and oxygen atoms in total. The highest BCUT2D eigenvalue weighted by Gasteiger charge is 2.40. The van der Waals surface area contributed by atoms with Crippen LogP contribution in [0.4, 0.5) is 5.69 Å². The molecule has 0 bridgehead atoms. The Bertz CT molecular complexity index is 602. The summed E-state index contributed by atoms with van der Waals surface area (Å²) < 4.78 is 0. The van der Waals surface area contributed by atoms with Crippen LogP contribution in [0.25, 0.3) is 0 Å². The first-order valence-electron chi connectivity index (χ1n) is 6.07. The van der Waals surface area contributed by atoms with Crippen LogP contribution in [0.15, 0.2) is 24.3 Å². The summed E-state index contributed by atoms with van der Waals surface area (Å²) in [7, 11) is 0. The van der Waals surface area contributed by atoms with Crippen molar-refractivity contribution in [1.29, 1.82) is 0 Å². The second-order valence-corrected chi connectivity index (χ2v) is 5.18. The Hall–Kier alpha value is -2.19. The van der Waals surface area contributed by atoms with Crippen LogP contribution in [0.3, 0.4) is 0 Å². The Labute approximate surface area is 132 Å². The van der Waals surface area contributed by atoms with E-state index in [0.717, 1.165) is 5.18 Å². The van der Waals surface area contributed by atoms with Gasteiger partial charge in [-0.3, -0.25) is 14.9 Å². The van der Waals surface area contributed by atoms with E-state index in [9.17, 15) is 29.7 Å².